The van der Waals surface area contributed by atoms with E-state index in [1.54, 1.807) is 12.1 Å². The molecule has 0 fully saturated rings. The summed E-state index contributed by atoms with van der Waals surface area (Å²) >= 11 is 1.48. The molecule has 0 aliphatic carbocycles. The summed E-state index contributed by atoms with van der Waals surface area (Å²) in [7, 11) is 0. The van der Waals surface area contributed by atoms with Gasteiger partial charge in [-0.05, 0) is 19.1 Å². The molecular formula is C10H10OS. The highest BCUT2D eigenvalue weighted by atomic mass is 32.2. The van der Waals surface area contributed by atoms with Gasteiger partial charge in [-0.2, -0.15) is 0 Å². The molecule has 2 heteroatoms. The highest BCUT2D eigenvalue weighted by Crippen LogP contribution is 2.30. The van der Waals surface area contributed by atoms with Crippen molar-refractivity contribution in [1.82, 2.24) is 0 Å². The van der Waals surface area contributed by atoms with Crippen LogP contribution in [0.4, 0.5) is 0 Å². The van der Waals surface area contributed by atoms with Crippen molar-refractivity contribution < 1.29 is 5.11 Å². The maximum Gasteiger partial charge on any atom is 0.129 e. The Morgan fingerprint density at radius 1 is 1.50 bits per heavy atom. The van der Waals surface area contributed by atoms with Gasteiger partial charge in [-0.1, -0.05) is 18.1 Å². The average molecular weight is 178 g/mol. The van der Waals surface area contributed by atoms with Crippen LogP contribution < -0.4 is 0 Å². The molecule has 0 amide bonds. The number of terminal acetylenes is 1. The Kier molecular flexibility index (Phi) is 3.07. The van der Waals surface area contributed by atoms with E-state index in [0.29, 0.717) is 5.75 Å². The van der Waals surface area contributed by atoms with Crippen LogP contribution in [0.5, 0.6) is 5.75 Å². The summed E-state index contributed by atoms with van der Waals surface area (Å²) in [6.07, 6.45) is 5.22. The Morgan fingerprint density at radius 2 is 2.17 bits per heavy atom. The first kappa shape index (κ1) is 9.02. The van der Waals surface area contributed by atoms with E-state index < -0.39 is 0 Å². The van der Waals surface area contributed by atoms with E-state index in [4.69, 9.17) is 6.42 Å². The molecule has 0 aliphatic rings. The number of para-hydroxylation sites is 1. The normalized spacial score (nSPS) is 12.0. The fraction of sp³-hybridized carbons (Fsp3) is 0.200. The van der Waals surface area contributed by atoms with E-state index in [-0.39, 0.29) is 5.25 Å². The molecule has 0 aliphatic heterocycles. The number of hydrogen-bond donors (Lipinski definition) is 1. The Labute approximate surface area is 76.8 Å². The van der Waals surface area contributed by atoms with Gasteiger partial charge in [0, 0.05) is 0 Å². The zero-order valence-electron chi connectivity index (χ0n) is 6.82. The summed E-state index contributed by atoms with van der Waals surface area (Å²) < 4.78 is 0. The van der Waals surface area contributed by atoms with Crippen LogP contribution in [0, 0.1) is 12.3 Å². The highest BCUT2D eigenvalue weighted by molar-refractivity contribution is 8.00. The number of phenols is 1. The van der Waals surface area contributed by atoms with Crippen LogP contribution in [0.25, 0.3) is 0 Å². The van der Waals surface area contributed by atoms with Crippen molar-refractivity contribution in [2.75, 3.05) is 0 Å². The van der Waals surface area contributed by atoms with Crippen molar-refractivity contribution in [3.8, 4) is 18.1 Å². The predicted molar refractivity (Wildman–Crippen MR) is 52.3 cm³/mol. The molecule has 1 atom stereocenters. The number of rotatable bonds is 2. The Hall–Kier alpha value is -1.07. The number of thioether (sulfide) groups is 1. The summed E-state index contributed by atoms with van der Waals surface area (Å²) in [4.78, 5) is 0.836. The molecule has 0 saturated carbocycles. The molecule has 1 unspecified atom stereocenters. The van der Waals surface area contributed by atoms with Gasteiger partial charge in [0.25, 0.3) is 0 Å². The van der Waals surface area contributed by atoms with Gasteiger partial charge < -0.3 is 5.11 Å². The molecule has 0 spiro atoms. The number of benzene rings is 1. The molecule has 1 aromatic rings. The molecule has 1 nitrogen and oxygen atoms in total. The second-order valence-electron chi connectivity index (χ2n) is 2.39. The van der Waals surface area contributed by atoms with E-state index in [9.17, 15) is 5.11 Å². The first-order chi connectivity index (χ1) is 5.74. The van der Waals surface area contributed by atoms with Gasteiger partial charge >= 0.3 is 0 Å². The van der Waals surface area contributed by atoms with E-state index in [2.05, 4.69) is 5.92 Å². The fourth-order valence-electron chi connectivity index (χ4n) is 0.781. The lowest BCUT2D eigenvalue weighted by Crippen LogP contribution is -1.88. The second kappa shape index (κ2) is 4.08. The van der Waals surface area contributed by atoms with Crippen LogP contribution in [0.2, 0.25) is 0 Å². The standard InChI is InChI=1S/C10H10OS/c1-3-8(2)12-10-7-5-4-6-9(10)11/h1,4-8,11H,2H3. The van der Waals surface area contributed by atoms with Crippen LogP contribution in [0.15, 0.2) is 29.2 Å². The Bertz CT molecular complexity index is 301. The molecular weight excluding hydrogens is 168 g/mol. The molecule has 0 saturated heterocycles. The molecule has 62 valence electrons. The van der Waals surface area contributed by atoms with E-state index in [0.717, 1.165) is 4.90 Å². The van der Waals surface area contributed by atoms with Gasteiger partial charge in [0.05, 0.1) is 10.1 Å². The third kappa shape index (κ3) is 2.21. The minimum atomic E-state index is 0.0956. The zero-order chi connectivity index (χ0) is 8.97. The summed E-state index contributed by atoms with van der Waals surface area (Å²) in [6.45, 7) is 1.93. The quantitative estimate of drug-likeness (QED) is 0.554. The summed E-state index contributed by atoms with van der Waals surface area (Å²) in [5, 5.41) is 9.46. The largest absolute Gasteiger partial charge is 0.507 e. The van der Waals surface area contributed by atoms with Gasteiger partial charge in [0.1, 0.15) is 5.75 Å². The van der Waals surface area contributed by atoms with Crippen LogP contribution in [-0.2, 0) is 0 Å². The third-order valence-corrected chi connectivity index (χ3v) is 2.49. The molecule has 0 heterocycles. The highest BCUT2D eigenvalue weighted by Gasteiger charge is 2.03. The molecule has 0 radical (unpaired) electrons. The van der Waals surface area contributed by atoms with Crippen LogP contribution >= 0.6 is 11.8 Å². The Morgan fingerprint density at radius 3 is 2.75 bits per heavy atom. The van der Waals surface area contributed by atoms with E-state index in [1.807, 2.05) is 19.1 Å². The minimum Gasteiger partial charge on any atom is -0.507 e. The van der Waals surface area contributed by atoms with Crippen molar-refractivity contribution in [3.63, 3.8) is 0 Å². The van der Waals surface area contributed by atoms with Crippen molar-refractivity contribution in [2.45, 2.75) is 17.1 Å². The maximum atomic E-state index is 9.37. The fourth-order valence-corrected chi connectivity index (χ4v) is 1.58. The van der Waals surface area contributed by atoms with E-state index in [1.165, 1.54) is 11.8 Å². The molecule has 1 aromatic carbocycles. The number of aromatic hydroxyl groups is 1. The lowest BCUT2D eigenvalue weighted by atomic mass is 10.3. The van der Waals surface area contributed by atoms with Crippen molar-refractivity contribution >= 4 is 11.8 Å². The van der Waals surface area contributed by atoms with Crippen molar-refractivity contribution in [1.29, 1.82) is 0 Å². The van der Waals surface area contributed by atoms with Crippen LogP contribution in [0.1, 0.15) is 6.92 Å². The van der Waals surface area contributed by atoms with E-state index >= 15 is 0 Å². The topological polar surface area (TPSA) is 20.2 Å². The zero-order valence-corrected chi connectivity index (χ0v) is 7.64. The SMILES string of the molecule is C#CC(C)Sc1ccccc1O. The number of hydrogen-bond acceptors (Lipinski definition) is 2. The smallest absolute Gasteiger partial charge is 0.129 e. The van der Waals surface area contributed by atoms with Crippen molar-refractivity contribution in [2.24, 2.45) is 0 Å². The molecule has 12 heavy (non-hydrogen) atoms. The molecule has 1 rings (SSSR count). The van der Waals surface area contributed by atoms with Gasteiger partial charge in [-0.25, -0.2) is 0 Å². The van der Waals surface area contributed by atoms with Gasteiger partial charge in [-0.3, -0.25) is 0 Å². The number of phenolic OH excluding ortho intramolecular Hbond substituents is 1. The lowest BCUT2D eigenvalue weighted by molar-refractivity contribution is 0.462. The Balaban J connectivity index is 2.77. The summed E-state index contributed by atoms with van der Waals surface area (Å²) in [5.74, 6) is 2.89. The summed E-state index contributed by atoms with van der Waals surface area (Å²) in [5.41, 5.74) is 0. The van der Waals surface area contributed by atoms with Gasteiger partial charge in [0.15, 0.2) is 0 Å². The van der Waals surface area contributed by atoms with Crippen LogP contribution in [-0.4, -0.2) is 10.4 Å². The van der Waals surface area contributed by atoms with Crippen molar-refractivity contribution in [3.05, 3.63) is 24.3 Å². The predicted octanol–water partition coefficient (Wildman–Crippen LogP) is 2.51. The molecule has 0 aromatic heterocycles. The lowest BCUT2D eigenvalue weighted by Gasteiger charge is -2.05. The van der Waals surface area contributed by atoms with Crippen LogP contribution in [0.3, 0.4) is 0 Å². The monoisotopic (exact) mass is 178 g/mol. The van der Waals surface area contributed by atoms with Gasteiger partial charge in [0.2, 0.25) is 0 Å². The first-order valence-electron chi connectivity index (χ1n) is 3.65. The summed E-state index contributed by atoms with van der Waals surface area (Å²) in [6, 6.07) is 7.19. The minimum absolute atomic E-state index is 0.0956. The molecule has 0 bridgehead atoms. The first-order valence-corrected chi connectivity index (χ1v) is 4.53. The van der Waals surface area contributed by atoms with Gasteiger partial charge in [-0.15, -0.1) is 18.2 Å². The third-order valence-electron chi connectivity index (χ3n) is 1.40. The average Bonchev–Trinajstić information content (AvgIpc) is 2.09. The maximum absolute atomic E-state index is 9.37. The molecule has 1 N–H and O–H groups in total. The second-order valence-corrected chi connectivity index (χ2v) is 3.78.